The fraction of sp³-hybridized carbons (Fsp3) is 0.818. The van der Waals surface area contributed by atoms with Crippen LogP contribution in [0.5, 0.6) is 0 Å². The summed E-state index contributed by atoms with van der Waals surface area (Å²) in [5.41, 5.74) is 0. The van der Waals surface area contributed by atoms with Crippen molar-refractivity contribution in [2.24, 2.45) is 5.92 Å². The number of ether oxygens (including phenoxy) is 1. The highest BCUT2D eigenvalue weighted by atomic mass is 16.5. The predicted molar refractivity (Wildman–Crippen MR) is 52.9 cm³/mol. The van der Waals surface area contributed by atoms with Gasteiger partial charge in [-0.1, -0.05) is 12.2 Å². The standard InChI is InChI=1S/C11H18O3/c12-7-11-9(13)6-10(14-11)8-4-2-1-3-5-8/h2,4,8-13H,1,3,5-7H2/t8?,9-,10+,11+/m0/s1. The Morgan fingerprint density at radius 3 is 2.86 bits per heavy atom. The molecule has 3 nitrogen and oxygen atoms in total. The second-order valence-corrected chi connectivity index (χ2v) is 4.22. The Morgan fingerprint density at radius 2 is 2.29 bits per heavy atom. The summed E-state index contributed by atoms with van der Waals surface area (Å²) < 4.78 is 5.61. The van der Waals surface area contributed by atoms with E-state index in [-0.39, 0.29) is 18.8 Å². The molecule has 14 heavy (non-hydrogen) atoms. The molecule has 0 radical (unpaired) electrons. The molecular formula is C11H18O3. The number of hydrogen-bond donors (Lipinski definition) is 2. The van der Waals surface area contributed by atoms with Crippen molar-refractivity contribution in [1.82, 2.24) is 0 Å². The average Bonchev–Trinajstić information content (AvgIpc) is 2.61. The van der Waals surface area contributed by atoms with Gasteiger partial charge in [0.2, 0.25) is 0 Å². The Kier molecular flexibility index (Phi) is 3.21. The van der Waals surface area contributed by atoms with Gasteiger partial charge >= 0.3 is 0 Å². The third-order valence-electron chi connectivity index (χ3n) is 3.20. The lowest BCUT2D eigenvalue weighted by Gasteiger charge is -2.22. The molecule has 2 N–H and O–H groups in total. The largest absolute Gasteiger partial charge is 0.394 e. The van der Waals surface area contributed by atoms with Gasteiger partial charge in [-0.2, -0.15) is 0 Å². The highest BCUT2D eigenvalue weighted by molar-refractivity contribution is 4.99. The highest BCUT2D eigenvalue weighted by Gasteiger charge is 2.36. The average molecular weight is 198 g/mol. The Morgan fingerprint density at radius 1 is 1.43 bits per heavy atom. The van der Waals surface area contributed by atoms with Gasteiger partial charge in [0.05, 0.1) is 18.8 Å². The smallest absolute Gasteiger partial charge is 0.107 e. The zero-order valence-corrected chi connectivity index (χ0v) is 8.30. The van der Waals surface area contributed by atoms with Crippen molar-refractivity contribution in [3.8, 4) is 0 Å². The third kappa shape index (κ3) is 2.00. The lowest BCUT2D eigenvalue weighted by atomic mass is 9.89. The van der Waals surface area contributed by atoms with Crippen molar-refractivity contribution >= 4 is 0 Å². The first-order valence-electron chi connectivity index (χ1n) is 5.42. The first kappa shape index (κ1) is 10.1. The van der Waals surface area contributed by atoms with Crippen LogP contribution in [0.25, 0.3) is 0 Å². The van der Waals surface area contributed by atoms with Crippen LogP contribution >= 0.6 is 0 Å². The molecule has 0 bridgehead atoms. The van der Waals surface area contributed by atoms with E-state index in [9.17, 15) is 5.11 Å². The molecule has 1 unspecified atom stereocenters. The van der Waals surface area contributed by atoms with E-state index in [0.717, 1.165) is 12.8 Å². The maximum absolute atomic E-state index is 9.58. The van der Waals surface area contributed by atoms with Gasteiger partial charge in [-0.05, 0) is 19.3 Å². The van der Waals surface area contributed by atoms with Crippen LogP contribution in [-0.4, -0.2) is 35.1 Å². The van der Waals surface area contributed by atoms with Gasteiger partial charge in [-0.15, -0.1) is 0 Å². The number of aliphatic hydroxyl groups is 2. The van der Waals surface area contributed by atoms with E-state index in [4.69, 9.17) is 9.84 Å². The Balaban J connectivity index is 1.93. The summed E-state index contributed by atoms with van der Waals surface area (Å²) >= 11 is 0. The van der Waals surface area contributed by atoms with Gasteiger partial charge in [0.25, 0.3) is 0 Å². The van der Waals surface area contributed by atoms with Crippen LogP contribution in [-0.2, 0) is 4.74 Å². The Hall–Kier alpha value is -0.380. The maximum Gasteiger partial charge on any atom is 0.107 e. The molecule has 1 aliphatic heterocycles. The minimum atomic E-state index is -0.486. The monoisotopic (exact) mass is 198 g/mol. The van der Waals surface area contributed by atoms with Crippen molar-refractivity contribution in [1.29, 1.82) is 0 Å². The van der Waals surface area contributed by atoms with E-state index < -0.39 is 6.10 Å². The zero-order chi connectivity index (χ0) is 9.97. The van der Waals surface area contributed by atoms with Crippen LogP contribution in [0.2, 0.25) is 0 Å². The molecule has 0 spiro atoms. The first-order chi connectivity index (χ1) is 6.81. The maximum atomic E-state index is 9.58. The summed E-state index contributed by atoms with van der Waals surface area (Å²) in [4.78, 5) is 0. The summed E-state index contributed by atoms with van der Waals surface area (Å²) in [5.74, 6) is 0.440. The van der Waals surface area contributed by atoms with Gasteiger partial charge in [0, 0.05) is 12.3 Å². The molecule has 1 saturated heterocycles. The van der Waals surface area contributed by atoms with Crippen LogP contribution in [0.15, 0.2) is 12.2 Å². The third-order valence-corrected chi connectivity index (χ3v) is 3.20. The van der Waals surface area contributed by atoms with E-state index in [1.54, 1.807) is 0 Å². The van der Waals surface area contributed by atoms with Crippen molar-refractivity contribution in [2.45, 2.75) is 44.0 Å². The number of hydrogen-bond acceptors (Lipinski definition) is 3. The quantitative estimate of drug-likeness (QED) is 0.647. The van der Waals surface area contributed by atoms with Crippen LogP contribution in [0.3, 0.4) is 0 Å². The number of rotatable bonds is 2. The van der Waals surface area contributed by atoms with Crippen molar-refractivity contribution in [3.63, 3.8) is 0 Å². The van der Waals surface area contributed by atoms with Gasteiger partial charge in [-0.25, -0.2) is 0 Å². The molecule has 0 aromatic carbocycles. The molecule has 0 aromatic rings. The molecule has 0 saturated carbocycles. The summed E-state index contributed by atoms with van der Waals surface area (Å²) in [6.07, 6.45) is 7.83. The molecule has 2 aliphatic rings. The minimum Gasteiger partial charge on any atom is -0.394 e. The number of allylic oxidation sites excluding steroid dienone is 1. The first-order valence-corrected chi connectivity index (χ1v) is 5.42. The summed E-state index contributed by atoms with van der Waals surface area (Å²) in [7, 11) is 0. The summed E-state index contributed by atoms with van der Waals surface area (Å²) in [6.45, 7) is -0.0753. The van der Waals surface area contributed by atoms with Crippen LogP contribution in [0, 0.1) is 5.92 Å². The molecule has 1 fully saturated rings. The van der Waals surface area contributed by atoms with Crippen molar-refractivity contribution < 1.29 is 14.9 Å². The van der Waals surface area contributed by atoms with E-state index in [1.807, 2.05) is 0 Å². The lowest BCUT2D eigenvalue weighted by Crippen LogP contribution is -2.25. The van der Waals surface area contributed by atoms with Crippen LogP contribution in [0.4, 0.5) is 0 Å². The second-order valence-electron chi connectivity index (χ2n) is 4.22. The highest BCUT2D eigenvalue weighted by Crippen LogP contribution is 2.31. The molecule has 80 valence electrons. The van der Waals surface area contributed by atoms with Gasteiger partial charge in [0.1, 0.15) is 6.10 Å². The Labute approximate surface area is 84.4 Å². The molecule has 4 atom stereocenters. The van der Waals surface area contributed by atoms with Crippen LogP contribution < -0.4 is 0 Å². The van der Waals surface area contributed by atoms with E-state index >= 15 is 0 Å². The molecule has 0 aromatic heterocycles. The Bertz CT molecular complexity index is 215. The minimum absolute atomic E-state index is 0.0753. The van der Waals surface area contributed by atoms with E-state index in [0.29, 0.717) is 12.3 Å². The van der Waals surface area contributed by atoms with Crippen molar-refractivity contribution in [3.05, 3.63) is 12.2 Å². The number of aliphatic hydroxyl groups excluding tert-OH is 2. The molecule has 3 heteroatoms. The fourth-order valence-electron chi connectivity index (χ4n) is 2.35. The summed E-state index contributed by atoms with van der Waals surface area (Å²) in [6, 6.07) is 0. The second kappa shape index (κ2) is 4.43. The zero-order valence-electron chi connectivity index (χ0n) is 8.30. The normalized spacial score (nSPS) is 43.0. The molecular weight excluding hydrogens is 180 g/mol. The van der Waals surface area contributed by atoms with Crippen LogP contribution in [0.1, 0.15) is 25.7 Å². The SMILES string of the molecule is OC[C@H]1O[C@@H](C2C=CCCC2)C[C@@H]1O. The topological polar surface area (TPSA) is 49.7 Å². The van der Waals surface area contributed by atoms with E-state index in [2.05, 4.69) is 12.2 Å². The molecule has 1 aliphatic carbocycles. The van der Waals surface area contributed by atoms with Gasteiger partial charge in [0.15, 0.2) is 0 Å². The fourth-order valence-corrected chi connectivity index (χ4v) is 2.35. The lowest BCUT2D eigenvalue weighted by molar-refractivity contribution is -0.0337. The summed E-state index contributed by atoms with van der Waals surface area (Å²) in [5, 5.41) is 18.5. The van der Waals surface area contributed by atoms with Crippen molar-refractivity contribution in [2.75, 3.05) is 6.61 Å². The van der Waals surface area contributed by atoms with Gasteiger partial charge < -0.3 is 14.9 Å². The molecule has 1 heterocycles. The van der Waals surface area contributed by atoms with Gasteiger partial charge in [-0.3, -0.25) is 0 Å². The van der Waals surface area contributed by atoms with E-state index in [1.165, 1.54) is 6.42 Å². The molecule has 0 amide bonds. The predicted octanol–water partition coefficient (Wildman–Crippen LogP) is 0.853. The molecule has 2 rings (SSSR count).